The van der Waals surface area contributed by atoms with E-state index >= 15 is 0 Å². The Morgan fingerprint density at radius 1 is 1.03 bits per heavy atom. The van der Waals surface area contributed by atoms with Crippen LogP contribution in [0.15, 0.2) is 67.0 Å². The van der Waals surface area contributed by atoms with Gasteiger partial charge in [0.15, 0.2) is 0 Å². The Balaban J connectivity index is 1.26. The number of amides is 1. The van der Waals surface area contributed by atoms with Crippen LogP contribution in [0.25, 0.3) is 22.2 Å². The van der Waals surface area contributed by atoms with Crippen LogP contribution >= 0.6 is 0 Å². The lowest BCUT2D eigenvalue weighted by Gasteiger charge is -2.30. The summed E-state index contributed by atoms with van der Waals surface area (Å²) in [7, 11) is 0. The molecule has 0 bridgehead atoms. The summed E-state index contributed by atoms with van der Waals surface area (Å²) in [6.07, 6.45) is 8.76. The van der Waals surface area contributed by atoms with Gasteiger partial charge in [-0.2, -0.15) is 0 Å². The van der Waals surface area contributed by atoms with E-state index in [4.69, 9.17) is 9.47 Å². The zero-order valence-corrected chi connectivity index (χ0v) is 19.7. The third-order valence-corrected chi connectivity index (χ3v) is 7.01. The zero-order valence-electron chi connectivity index (χ0n) is 19.7. The van der Waals surface area contributed by atoms with Crippen LogP contribution in [0.3, 0.4) is 0 Å². The fourth-order valence-electron chi connectivity index (χ4n) is 4.67. The normalized spacial score (nSPS) is 16.5. The van der Waals surface area contributed by atoms with E-state index in [-0.39, 0.29) is 6.10 Å². The highest BCUT2D eigenvalue weighted by Crippen LogP contribution is 2.41. The molecule has 7 heteroatoms. The third kappa shape index (κ3) is 4.58. The van der Waals surface area contributed by atoms with Gasteiger partial charge in [0.1, 0.15) is 11.9 Å². The second-order valence-corrected chi connectivity index (χ2v) is 9.49. The predicted molar refractivity (Wildman–Crippen MR) is 135 cm³/mol. The molecule has 0 unspecified atom stereocenters. The van der Waals surface area contributed by atoms with Gasteiger partial charge in [0.25, 0.3) is 0 Å². The minimum Gasteiger partial charge on any atom is -0.446 e. The highest BCUT2D eigenvalue weighted by molar-refractivity contribution is 5.89. The first-order chi connectivity index (χ1) is 17.1. The number of anilines is 1. The van der Waals surface area contributed by atoms with Crippen molar-refractivity contribution < 1.29 is 14.3 Å². The number of carbonyl (C=O) groups excluding carboxylic acids is 1. The van der Waals surface area contributed by atoms with Gasteiger partial charge in [-0.25, -0.2) is 14.8 Å². The molecule has 0 radical (unpaired) electrons. The second-order valence-electron chi connectivity index (χ2n) is 9.49. The number of ether oxygens (including phenoxy) is 2. The van der Waals surface area contributed by atoms with Crippen molar-refractivity contribution in [3.63, 3.8) is 0 Å². The Morgan fingerprint density at radius 2 is 1.80 bits per heavy atom. The minimum atomic E-state index is -0.393. The zero-order chi connectivity index (χ0) is 23.8. The van der Waals surface area contributed by atoms with E-state index in [2.05, 4.69) is 50.2 Å². The maximum atomic E-state index is 12.2. The molecule has 1 amide bonds. The fourth-order valence-corrected chi connectivity index (χ4v) is 4.67. The van der Waals surface area contributed by atoms with Gasteiger partial charge >= 0.3 is 12.1 Å². The van der Waals surface area contributed by atoms with E-state index < -0.39 is 6.09 Å². The van der Waals surface area contributed by atoms with Crippen LogP contribution in [-0.4, -0.2) is 26.7 Å². The number of nitrogens with zero attached hydrogens (tertiary/aromatic N) is 3. The van der Waals surface area contributed by atoms with E-state index in [1.165, 1.54) is 6.42 Å². The van der Waals surface area contributed by atoms with Gasteiger partial charge in [-0.15, -0.1) is 0 Å². The van der Waals surface area contributed by atoms with Gasteiger partial charge < -0.3 is 14.0 Å². The van der Waals surface area contributed by atoms with Gasteiger partial charge in [-0.1, -0.05) is 12.1 Å². The van der Waals surface area contributed by atoms with E-state index in [1.807, 2.05) is 25.1 Å². The van der Waals surface area contributed by atoms with Crippen LogP contribution in [0.4, 0.5) is 10.5 Å². The van der Waals surface area contributed by atoms with Crippen molar-refractivity contribution in [1.82, 2.24) is 14.5 Å². The summed E-state index contributed by atoms with van der Waals surface area (Å²) in [5.41, 5.74) is 4.13. The largest absolute Gasteiger partial charge is 0.446 e. The molecule has 2 aliphatic carbocycles. The summed E-state index contributed by atoms with van der Waals surface area (Å²) in [4.78, 5) is 20.6. The molecule has 0 saturated heterocycles. The van der Waals surface area contributed by atoms with Crippen LogP contribution < -0.4 is 10.1 Å². The molecule has 2 heterocycles. The lowest BCUT2D eigenvalue weighted by molar-refractivity contribution is 0.108. The fraction of sp³-hybridized carbons (Fsp3) is 0.321. The number of benzene rings is 2. The molecule has 7 nitrogen and oxygen atoms in total. The first-order valence-electron chi connectivity index (χ1n) is 12.3. The Labute approximate surface area is 204 Å². The predicted octanol–water partition coefficient (Wildman–Crippen LogP) is 6.96. The minimum absolute atomic E-state index is 0.0326. The van der Waals surface area contributed by atoms with E-state index in [0.29, 0.717) is 23.7 Å². The standard InChI is InChI=1S/C28H28N4O3/c1-18(19-6-7-19)34-28(33)31-22-11-8-20(9-12-22)25-16-21-10-13-24(35-27-29-14-3-15-30-27)17-26(21)32(25)23-4-2-5-23/h3,8-19,23H,2,4-7H2,1H3,(H,31,33)/t18-/m0/s1. The molecule has 35 heavy (non-hydrogen) atoms. The van der Waals surface area contributed by atoms with Gasteiger partial charge in [0, 0.05) is 41.3 Å². The monoisotopic (exact) mass is 468 g/mol. The number of hydrogen-bond donors (Lipinski definition) is 1. The molecule has 178 valence electrons. The number of aromatic nitrogens is 3. The van der Waals surface area contributed by atoms with Gasteiger partial charge in [-0.3, -0.25) is 5.32 Å². The first-order valence-corrected chi connectivity index (χ1v) is 12.3. The molecule has 2 aromatic carbocycles. The highest BCUT2D eigenvalue weighted by atomic mass is 16.6. The molecule has 2 saturated carbocycles. The second kappa shape index (κ2) is 9.06. The number of hydrogen-bond acceptors (Lipinski definition) is 5. The Kier molecular flexibility index (Phi) is 5.60. The quantitative estimate of drug-likeness (QED) is 0.317. The van der Waals surface area contributed by atoms with E-state index in [1.54, 1.807) is 18.5 Å². The van der Waals surface area contributed by atoms with Gasteiger partial charge in [0.2, 0.25) is 0 Å². The molecule has 6 rings (SSSR count). The summed E-state index contributed by atoms with van der Waals surface area (Å²) in [5, 5.41) is 4.02. The SMILES string of the molecule is C[C@H](OC(=O)Nc1ccc(-c2cc3ccc(Oc4ncccn4)cc3n2C2CCC2)cc1)C1CC1. The lowest BCUT2D eigenvalue weighted by atomic mass is 9.92. The number of nitrogens with one attached hydrogen (secondary N) is 1. The van der Waals surface area contributed by atoms with Crippen LogP contribution in [-0.2, 0) is 4.74 Å². The number of carbonyl (C=O) groups is 1. The number of rotatable bonds is 7. The Bertz CT molecular complexity index is 1340. The molecular formula is C28H28N4O3. The molecule has 1 atom stereocenters. The average molecular weight is 469 g/mol. The van der Waals surface area contributed by atoms with E-state index in [9.17, 15) is 4.79 Å². The highest BCUT2D eigenvalue weighted by Gasteiger charge is 2.30. The molecule has 2 fully saturated rings. The van der Waals surface area contributed by atoms with E-state index in [0.717, 1.165) is 53.5 Å². The Morgan fingerprint density at radius 3 is 2.49 bits per heavy atom. The summed E-state index contributed by atoms with van der Waals surface area (Å²) < 4.78 is 13.8. The average Bonchev–Trinajstić information content (AvgIpc) is 3.62. The van der Waals surface area contributed by atoms with Crippen molar-refractivity contribution in [3.8, 4) is 23.0 Å². The third-order valence-electron chi connectivity index (χ3n) is 7.01. The molecule has 2 aliphatic rings. The molecule has 0 aliphatic heterocycles. The molecule has 4 aromatic rings. The van der Waals surface area contributed by atoms with Gasteiger partial charge in [0.05, 0.1) is 5.52 Å². The van der Waals surface area contributed by atoms with Gasteiger partial charge in [-0.05, 0) is 86.9 Å². The van der Waals surface area contributed by atoms with Crippen molar-refractivity contribution >= 4 is 22.7 Å². The maximum Gasteiger partial charge on any atom is 0.411 e. The molecule has 2 aromatic heterocycles. The summed E-state index contributed by atoms with van der Waals surface area (Å²) in [5.74, 6) is 1.23. The summed E-state index contributed by atoms with van der Waals surface area (Å²) in [6, 6.07) is 18.9. The first kappa shape index (κ1) is 21.6. The smallest absolute Gasteiger partial charge is 0.411 e. The molecular weight excluding hydrogens is 440 g/mol. The van der Waals surface area contributed by atoms with Crippen molar-refractivity contribution in [2.75, 3.05) is 5.32 Å². The Hall–Kier alpha value is -3.87. The van der Waals surface area contributed by atoms with Crippen molar-refractivity contribution in [3.05, 3.63) is 67.0 Å². The maximum absolute atomic E-state index is 12.2. The lowest BCUT2D eigenvalue weighted by Crippen LogP contribution is -2.21. The summed E-state index contributed by atoms with van der Waals surface area (Å²) in [6.45, 7) is 1.96. The van der Waals surface area contributed by atoms with Crippen molar-refractivity contribution in [2.45, 2.75) is 51.2 Å². The molecule has 1 N–H and O–H groups in total. The van der Waals surface area contributed by atoms with Crippen LogP contribution in [0.5, 0.6) is 11.8 Å². The van der Waals surface area contributed by atoms with Crippen molar-refractivity contribution in [2.24, 2.45) is 5.92 Å². The van der Waals surface area contributed by atoms with Crippen LogP contribution in [0.1, 0.15) is 45.1 Å². The van der Waals surface area contributed by atoms with Crippen LogP contribution in [0, 0.1) is 5.92 Å². The van der Waals surface area contributed by atoms with Crippen LogP contribution in [0.2, 0.25) is 0 Å². The number of fused-ring (bicyclic) bond motifs is 1. The van der Waals surface area contributed by atoms with Crippen molar-refractivity contribution in [1.29, 1.82) is 0 Å². The topological polar surface area (TPSA) is 78.3 Å². The molecule has 0 spiro atoms. The summed E-state index contributed by atoms with van der Waals surface area (Å²) >= 11 is 0.